The minimum absolute atomic E-state index is 0.0406. The average molecular weight is 414 g/mol. The maximum Gasteiger partial charge on any atom is 0.330 e. The highest BCUT2D eigenvalue weighted by Crippen LogP contribution is 2.35. The van der Waals surface area contributed by atoms with Crippen molar-refractivity contribution in [1.29, 1.82) is 0 Å². The van der Waals surface area contributed by atoms with Crippen molar-refractivity contribution in [2.24, 2.45) is 0 Å². The number of nitrogens with one attached hydrogen (secondary N) is 1. The highest BCUT2D eigenvalue weighted by molar-refractivity contribution is 7.99. The molecule has 0 aliphatic heterocycles. The van der Waals surface area contributed by atoms with E-state index in [1.807, 2.05) is 28.7 Å². The van der Waals surface area contributed by atoms with Crippen LogP contribution < -0.4 is 17.0 Å². The lowest BCUT2D eigenvalue weighted by Gasteiger charge is -2.10. The summed E-state index contributed by atoms with van der Waals surface area (Å²) in [5.74, 6) is -0.551. The number of carbonyl (C=O) groups excluding carboxylic acids is 1. The van der Waals surface area contributed by atoms with Gasteiger partial charge in [0.25, 0.3) is 5.56 Å². The molecule has 1 saturated carbocycles. The fourth-order valence-corrected chi connectivity index (χ4v) is 5.02. The number of fused-ring (bicyclic) bond motifs is 3. The Morgan fingerprint density at radius 2 is 2.07 bits per heavy atom. The number of anilines is 1. The van der Waals surface area contributed by atoms with Gasteiger partial charge in [-0.1, -0.05) is 35.2 Å². The van der Waals surface area contributed by atoms with Gasteiger partial charge in [-0.25, -0.2) is 4.79 Å². The zero-order valence-corrected chi connectivity index (χ0v) is 16.0. The Kier molecular flexibility index (Phi) is 3.88. The van der Waals surface area contributed by atoms with Crippen molar-refractivity contribution in [3.63, 3.8) is 0 Å². The van der Waals surface area contributed by atoms with Gasteiger partial charge in [-0.3, -0.25) is 23.5 Å². The number of thiazole rings is 1. The minimum atomic E-state index is -0.752. The number of hydrogen-bond donors (Lipinski definition) is 2. The largest absolute Gasteiger partial charge is 0.384 e. The van der Waals surface area contributed by atoms with E-state index in [4.69, 9.17) is 5.73 Å². The summed E-state index contributed by atoms with van der Waals surface area (Å²) >= 11 is 2.69. The zero-order chi connectivity index (χ0) is 19.4. The van der Waals surface area contributed by atoms with E-state index in [1.54, 1.807) is 0 Å². The Morgan fingerprint density at radius 1 is 1.29 bits per heavy atom. The molecule has 3 aromatic heterocycles. The number of nitrogen functional groups attached to an aromatic ring is 1. The summed E-state index contributed by atoms with van der Waals surface area (Å²) in [4.78, 5) is 39.9. The number of Topliss-reactive ketones (excluding diaryl/α,β-unsaturated/α-hetero) is 1. The van der Waals surface area contributed by atoms with Crippen LogP contribution in [0.5, 0.6) is 0 Å². The minimum Gasteiger partial charge on any atom is -0.384 e. The van der Waals surface area contributed by atoms with Crippen LogP contribution in [0.3, 0.4) is 0 Å². The van der Waals surface area contributed by atoms with Gasteiger partial charge in [0, 0.05) is 6.04 Å². The summed E-state index contributed by atoms with van der Waals surface area (Å²) in [6.07, 6.45) is 1.61. The maximum absolute atomic E-state index is 12.7. The first-order valence-electron chi connectivity index (χ1n) is 8.57. The molecule has 1 aliphatic carbocycles. The predicted molar refractivity (Wildman–Crippen MR) is 107 cm³/mol. The van der Waals surface area contributed by atoms with Crippen LogP contribution >= 0.6 is 23.1 Å². The standard InChI is InChI=1S/C17H14N6O3S2/c18-13-12(14(25)19-15(26)22(13)8-5-6-8)10(24)7-27-16-20-21-17-23(16)9-3-1-2-4-11(9)28-17/h1-4,8H,5-7,18H2,(H,19,25,26). The van der Waals surface area contributed by atoms with E-state index in [9.17, 15) is 14.4 Å². The van der Waals surface area contributed by atoms with Crippen molar-refractivity contribution in [3.05, 3.63) is 50.7 Å². The number of thioether (sulfide) groups is 1. The lowest BCUT2D eigenvalue weighted by Crippen LogP contribution is -2.36. The Balaban J connectivity index is 1.47. The molecule has 5 rings (SSSR count). The van der Waals surface area contributed by atoms with Crippen LogP contribution in [0.1, 0.15) is 29.2 Å². The SMILES string of the molecule is Nc1c(C(=O)CSc2nnc3sc4ccccc4n23)c(=O)[nH]c(=O)n1C1CC1. The highest BCUT2D eigenvalue weighted by atomic mass is 32.2. The summed E-state index contributed by atoms with van der Waals surface area (Å²) in [7, 11) is 0. The van der Waals surface area contributed by atoms with Gasteiger partial charge in [-0.2, -0.15) is 0 Å². The van der Waals surface area contributed by atoms with Crippen molar-refractivity contribution in [2.45, 2.75) is 24.0 Å². The molecule has 4 aromatic rings. The summed E-state index contributed by atoms with van der Waals surface area (Å²) in [5, 5.41) is 8.87. The van der Waals surface area contributed by atoms with E-state index >= 15 is 0 Å². The molecule has 142 valence electrons. The van der Waals surface area contributed by atoms with Crippen LogP contribution in [0.2, 0.25) is 0 Å². The lowest BCUT2D eigenvalue weighted by molar-refractivity contribution is 0.102. The molecule has 1 fully saturated rings. The maximum atomic E-state index is 12.7. The number of ketones is 1. The number of carbonyl (C=O) groups is 1. The van der Waals surface area contributed by atoms with Gasteiger partial charge in [-0.05, 0) is 25.0 Å². The van der Waals surface area contributed by atoms with Crippen molar-refractivity contribution >= 4 is 49.9 Å². The molecule has 3 N–H and O–H groups in total. The molecule has 3 heterocycles. The van der Waals surface area contributed by atoms with Crippen molar-refractivity contribution in [2.75, 3.05) is 11.5 Å². The Bertz CT molecular complexity index is 1360. The van der Waals surface area contributed by atoms with Crippen molar-refractivity contribution < 1.29 is 4.79 Å². The van der Waals surface area contributed by atoms with Gasteiger partial charge in [-0.15, -0.1) is 10.2 Å². The van der Waals surface area contributed by atoms with Crippen LogP contribution in [0.15, 0.2) is 39.0 Å². The van der Waals surface area contributed by atoms with Gasteiger partial charge >= 0.3 is 5.69 Å². The first kappa shape index (κ1) is 17.2. The molecule has 0 amide bonds. The van der Waals surface area contributed by atoms with Gasteiger partial charge in [0.1, 0.15) is 11.4 Å². The summed E-state index contributed by atoms with van der Waals surface area (Å²) in [6, 6.07) is 7.79. The molecule has 1 aliphatic rings. The number of nitrogens with zero attached hydrogens (tertiary/aromatic N) is 4. The third kappa shape index (κ3) is 2.66. The monoisotopic (exact) mass is 414 g/mol. The molecule has 1 aromatic carbocycles. The van der Waals surface area contributed by atoms with Crippen molar-refractivity contribution in [1.82, 2.24) is 24.1 Å². The van der Waals surface area contributed by atoms with Crippen LogP contribution in [0.25, 0.3) is 15.2 Å². The number of benzene rings is 1. The van der Waals surface area contributed by atoms with Crippen molar-refractivity contribution in [3.8, 4) is 0 Å². The van der Waals surface area contributed by atoms with Gasteiger partial charge in [0.2, 0.25) is 4.96 Å². The second-order valence-corrected chi connectivity index (χ2v) is 8.45. The van der Waals surface area contributed by atoms with Gasteiger partial charge in [0.15, 0.2) is 10.9 Å². The predicted octanol–water partition coefficient (Wildman–Crippen LogP) is 1.69. The quantitative estimate of drug-likeness (QED) is 0.376. The second-order valence-electron chi connectivity index (χ2n) is 6.50. The first-order chi connectivity index (χ1) is 13.5. The molecule has 9 nitrogen and oxygen atoms in total. The van der Waals surface area contributed by atoms with Gasteiger partial charge in [0.05, 0.1) is 16.0 Å². The third-order valence-electron chi connectivity index (χ3n) is 4.62. The molecular weight excluding hydrogens is 400 g/mol. The number of aromatic nitrogens is 5. The van der Waals surface area contributed by atoms with E-state index < -0.39 is 17.0 Å². The number of H-pyrrole nitrogens is 1. The average Bonchev–Trinajstić information content (AvgIpc) is 3.29. The van der Waals surface area contributed by atoms with E-state index in [0.29, 0.717) is 5.16 Å². The smallest absolute Gasteiger partial charge is 0.330 e. The second kappa shape index (κ2) is 6.31. The molecule has 0 unspecified atom stereocenters. The molecule has 11 heteroatoms. The number of rotatable bonds is 5. The summed E-state index contributed by atoms with van der Waals surface area (Å²) in [5.41, 5.74) is 5.47. The molecule has 0 spiro atoms. The Hall–Kier alpha value is -2.92. The highest BCUT2D eigenvalue weighted by Gasteiger charge is 2.30. The van der Waals surface area contributed by atoms with Crippen LogP contribution in [0.4, 0.5) is 5.82 Å². The van der Waals surface area contributed by atoms with Gasteiger partial charge < -0.3 is 5.73 Å². The number of aromatic amines is 1. The zero-order valence-electron chi connectivity index (χ0n) is 14.4. The topological polar surface area (TPSA) is 128 Å². The van der Waals surface area contributed by atoms with Crippen LogP contribution in [-0.2, 0) is 0 Å². The van der Waals surface area contributed by atoms with E-state index in [1.165, 1.54) is 27.7 Å². The number of hydrogen-bond acceptors (Lipinski definition) is 8. The third-order valence-corrected chi connectivity index (χ3v) is 6.56. The molecular formula is C17H14N6O3S2. The number of nitrogens with two attached hydrogens (primary N) is 1. The van der Waals surface area contributed by atoms with E-state index in [0.717, 1.165) is 28.0 Å². The molecule has 0 saturated heterocycles. The Morgan fingerprint density at radius 3 is 2.86 bits per heavy atom. The van der Waals surface area contributed by atoms with E-state index in [2.05, 4.69) is 15.2 Å². The van der Waals surface area contributed by atoms with E-state index in [-0.39, 0.29) is 23.2 Å². The Labute approximate surface area is 165 Å². The van der Waals surface area contributed by atoms with Crippen LogP contribution in [0, 0.1) is 0 Å². The molecule has 0 radical (unpaired) electrons. The molecule has 28 heavy (non-hydrogen) atoms. The fraction of sp³-hybridized carbons (Fsp3) is 0.235. The number of para-hydroxylation sites is 1. The normalized spacial score (nSPS) is 14.1. The molecule has 0 bridgehead atoms. The summed E-state index contributed by atoms with van der Waals surface area (Å²) in [6.45, 7) is 0. The lowest BCUT2D eigenvalue weighted by atomic mass is 10.2. The molecule has 0 atom stereocenters. The van der Waals surface area contributed by atoms with Crippen LogP contribution in [-0.4, -0.2) is 35.7 Å². The fourth-order valence-electron chi connectivity index (χ4n) is 3.18. The summed E-state index contributed by atoms with van der Waals surface area (Å²) < 4.78 is 4.26. The first-order valence-corrected chi connectivity index (χ1v) is 10.4.